The van der Waals surface area contributed by atoms with E-state index in [4.69, 9.17) is 15.8 Å². The van der Waals surface area contributed by atoms with Gasteiger partial charge in [-0.25, -0.2) is 4.98 Å². The lowest BCUT2D eigenvalue weighted by atomic mass is 9.80. The van der Waals surface area contributed by atoms with Crippen molar-refractivity contribution in [2.75, 3.05) is 6.26 Å². The Morgan fingerprint density at radius 3 is 2.51 bits per heavy atom. The van der Waals surface area contributed by atoms with Crippen LogP contribution in [0.1, 0.15) is 41.3 Å². The summed E-state index contributed by atoms with van der Waals surface area (Å²) in [5.74, 6) is 0. The molecule has 0 spiro atoms. The molecule has 0 N–H and O–H groups in total. The third kappa shape index (κ3) is 5.64. The fourth-order valence-corrected chi connectivity index (χ4v) is 5.26. The molecule has 1 aromatic heterocycles. The Kier molecular flexibility index (Phi) is 7.41. The summed E-state index contributed by atoms with van der Waals surface area (Å²) >= 11 is 6.12. The summed E-state index contributed by atoms with van der Waals surface area (Å²) in [7, 11) is -3.78. The molecule has 0 aliphatic carbocycles. The van der Waals surface area contributed by atoms with Crippen LogP contribution in [0.2, 0.25) is 5.02 Å². The van der Waals surface area contributed by atoms with Gasteiger partial charge in [0, 0.05) is 10.4 Å². The topological polar surface area (TPSA) is 56.3 Å². The van der Waals surface area contributed by atoms with E-state index in [0.29, 0.717) is 11.4 Å². The van der Waals surface area contributed by atoms with Gasteiger partial charge in [-0.3, -0.25) is 4.18 Å². The van der Waals surface area contributed by atoms with E-state index >= 15 is 0 Å². The number of pyridine rings is 1. The largest absolute Gasteiger partial charge is 0.265 e. The summed E-state index contributed by atoms with van der Waals surface area (Å²) in [6.45, 7) is 5.82. The predicted octanol–water partition coefficient (Wildman–Crippen LogP) is 7.07. The highest BCUT2D eigenvalue weighted by Gasteiger charge is 2.39. The van der Waals surface area contributed by atoms with Gasteiger partial charge in [-0.05, 0) is 72.4 Å². The molecule has 178 valence electrons. The lowest BCUT2D eigenvalue weighted by Crippen LogP contribution is -2.34. The van der Waals surface area contributed by atoms with Crippen LogP contribution in [0.3, 0.4) is 0 Å². The molecule has 0 fully saturated rings. The quantitative estimate of drug-likeness (QED) is 0.241. The first kappa shape index (κ1) is 25.1. The van der Waals surface area contributed by atoms with Crippen molar-refractivity contribution in [3.63, 3.8) is 0 Å². The highest BCUT2D eigenvalue weighted by molar-refractivity contribution is 7.86. The van der Waals surface area contributed by atoms with Crippen LogP contribution in [0.15, 0.2) is 78.9 Å². The monoisotopic (exact) mass is 503 g/mol. The Labute approximate surface area is 212 Å². The zero-order chi connectivity index (χ0) is 25.1. The molecule has 2 radical (unpaired) electrons. The van der Waals surface area contributed by atoms with Gasteiger partial charge in [0.15, 0.2) is 0 Å². The van der Waals surface area contributed by atoms with E-state index in [0.717, 1.165) is 45.1 Å². The molecular weight excluding hydrogens is 478 g/mol. The minimum Gasteiger partial charge on any atom is -0.254 e. The molecule has 1 heterocycles. The first-order chi connectivity index (χ1) is 16.7. The number of rotatable bonds is 8. The molecule has 1 atom stereocenters. The number of benzene rings is 3. The molecule has 4 rings (SSSR count). The van der Waals surface area contributed by atoms with Crippen molar-refractivity contribution in [1.29, 1.82) is 0 Å². The van der Waals surface area contributed by atoms with Crippen LogP contribution < -0.4 is 0 Å². The smallest absolute Gasteiger partial charge is 0.254 e. The van der Waals surface area contributed by atoms with Gasteiger partial charge in [0.1, 0.15) is 5.60 Å². The Hall–Kier alpha value is -2.99. The van der Waals surface area contributed by atoms with E-state index < -0.39 is 15.7 Å². The van der Waals surface area contributed by atoms with Crippen molar-refractivity contribution in [3.8, 4) is 0 Å². The zero-order valence-electron chi connectivity index (χ0n) is 19.6. The molecule has 3 aromatic carbocycles. The Balaban J connectivity index is 1.78. The van der Waals surface area contributed by atoms with Crippen molar-refractivity contribution >= 4 is 44.8 Å². The average molecular weight is 504 g/mol. The van der Waals surface area contributed by atoms with E-state index in [2.05, 4.69) is 11.9 Å². The van der Waals surface area contributed by atoms with Gasteiger partial charge in [0.25, 0.3) is 10.1 Å². The first-order valence-corrected chi connectivity index (χ1v) is 13.4. The van der Waals surface area contributed by atoms with Gasteiger partial charge in [-0.2, -0.15) is 8.42 Å². The first-order valence-electron chi connectivity index (χ1n) is 11.2. The van der Waals surface area contributed by atoms with E-state index in [1.807, 2.05) is 97.9 Å². The maximum atomic E-state index is 12.4. The van der Waals surface area contributed by atoms with Crippen molar-refractivity contribution in [2.24, 2.45) is 0 Å². The molecule has 35 heavy (non-hydrogen) atoms. The second-order valence-corrected chi connectivity index (χ2v) is 10.3. The number of halogens is 1. The molecule has 0 aliphatic heterocycles. The van der Waals surface area contributed by atoms with Crippen LogP contribution in [0.4, 0.5) is 0 Å². The number of nitrogens with zero attached hydrogens (tertiary/aromatic N) is 1. The van der Waals surface area contributed by atoms with Gasteiger partial charge in [0.2, 0.25) is 0 Å². The normalized spacial score (nSPS) is 13.8. The number of hydrogen-bond acceptors (Lipinski definition) is 4. The fourth-order valence-electron chi connectivity index (χ4n) is 4.28. The molecule has 4 nitrogen and oxygen atoms in total. The van der Waals surface area contributed by atoms with Crippen molar-refractivity contribution in [3.05, 3.63) is 125 Å². The highest BCUT2D eigenvalue weighted by Crippen LogP contribution is 2.41. The second-order valence-electron chi connectivity index (χ2n) is 8.29. The lowest BCUT2D eigenvalue weighted by molar-refractivity contribution is 0.115. The van der Waals surface area contributed by atoms with Crippen LogP contribution in [-0.4, -0.2) is 19.7 Å². The van der Waals surface area contributed by atoms with E-state index in [1.165, 1.54) is 0 Å². The standard InChI is InChI=1S/C29H26ClNO3S/c1-4-22-10-6-7-12-27(22)29(5-2,34-35(3,32)33)24-11-8-9-21(19-24)13-17-26-18-15-23-14-16-25(30)20-28(23)31-26/h4,6-20H,1,5H2,2-3H3/t29-/m0/s1. The molecule has 0 amide bonds. The van der Waals surface area contributed by atoms with Crippen LogP contribution in [0.25, 0.3) is 23.1 Å². The zero-order valence-corrected chi connectivity index (χ0v) is 21.2. The lowest BCUT2D eigenvalue weighted by Gasteiger charge is -2.34. The SMILES string of the molecule is [CH2][CH]c1ccccc1[C@@](CC)(OS(C)(=O)=O)c1cccc(C=Cc2ccc3ccc(Cl)cc3n2)c1. The Morgan fingerprint density at radius 1 is 1.00 bits per heavy atom. The van der Waals surface area contributed by atoms with Crippen molar-refractivity contribution in [1.82, 2.24) is 4.98 Å². The number of aromatic nitrogens is 1. The minimum absolute atomic E-state index is 0.408. The molecule has 0 saturated carbocycles. The van der Waals surface area contributed by atoms with E-state index in [1.54, 1.807) is 6.42 Å². The number of hydrogen-bond donors (Lipinski definition) is 0. The van der Waals surface area contributed by atoms with Crippen LogP contribution in [0.5, 0.6) is 0 Å². The molecular formula is C29H26ClNO3S. The molecule has 0 bridgehead atoms. The van der Waals surface area contributed by atoms with Gasteiger partial charge in [-0.15, -0.1) is 0 Å². The fraction of sp³-hybridized carbons (Fsp3) is 0.138. The predicted molar refractivity (Wildman–Crippen MR) is 144 cm³/mol. The summed E-state index contributed by atoms with van der Waals surface area (Å²) in [5.41, 5.74) is 3.61. The van der Waals surface area contributed by atoms with Gasteiger partial charge >= 0.3 is 0 Å². The second kappa shape index (κ2) is 10.3. The molecule has 4 aromatic rings. The molecule has 0 unspecified atom stereocenters. The summed E-state index contributed by atoms with van der Waals surface area (Å²) in [6, 6.07) is 24.8. The van der Waals surface area contributed by atoms with Gasteiger partial charge in [-0.1, -0.05) is 79.2 Å². The average Bonchev–Trinajstić information content (AvgIpc) is 2.85. The number of fused-ring (bicyclic) bond motifs is 1. The molecule has 0 saturated heterocycles. The van der Waals surface area contributed by atoms with Gasteiger partial charge in [0.05, 0.1) is 17.5 Å². The maximum Gasteiger partial charge on any atom is 0.265 e. The third-order valence-electron chi connectivity index (χ3n) is 5.88. The van der Waals surface area contributed by atoms with E-state index in [9.17, 15) is 8.42 Å². The Morgan fingerprint density at radius 2 is 1.77 bits per heavy atom. The maximum absolute atomic E-state index is 12.4. The minimum atomic E-state index is -3.78. The van der Waals surface area contributed by atoms with Crippen LogP contribution >= 0.6 is 11.6 Å². The van der Waals surface area contributed by atoms with Gasteiger partial charge < -0.3 is 0 Å². The van der Waals surface area contributed by atoms with Crippen LogP contribution in [0, 0.1) is 13.3 Å². The summed E-state index contributed by atoms with van der Waals surface area (Å²) in [5, 5.41) is 1.65. The summed E-state index contributed by atoms with van der Waals surface area (Å²) in [6.07, 6.45) is 7.07. The molecule has 0 aliphatic rings. The molecule has 6 heteroatoms. The third-order valence-corrected chi connectivity index (χ3v) is 6.70. The van der Waals surface area contributed by atoms with Crippen LogP contribution in [-0.2, 0) is 19.9 Å². The van der Waals surface area contributed by atoms with Crippen molar-refractivity contribution < 1.29 is 12.6 Å². The highest BCUT2D eigenvalue weighted by atomic mass is 35.5. The van der Waals surface area contributed by atoms with Crippen molar-refractivity contribution in [2.45, 2.75) is 18.9 Å². The van der Waals surface area contributed by atoms with E-state index in [-0.39, 0.29) is 0 Å². The Bertz CT molecular complexity index is 1500. The summed E-state index contributed by atoms with van der Waals surface area (Å²) < 4.78 is 30.6. The summed E-state index contributed by atoms with van der Waals surface area (Å²) in [4.78, 5) is 4.67.